The Balaban J connectivity index is 1.97. The molecule has 0 spiro atoms. The van der Waals surface area contributed by atoms with Gasteiger partial charge in [0.25, 0.3) is 0 Å². The van der Waals surface area contributed by atoms with Gasteiger partial charge in [0.2, 0.25) is 11.8 Å². The van der Waals surface area contributed by atoms with Crippen LogP contribution in [0.1, 0.15) is 51.5 Å². The van der Waals surface area contributed by atoms with Gasteiger partial charge in [0, 0.05) is 31.1 Å². The summed E-state index contributed by atoms with van der Waals surface area (Å²) in [5.41, 5.74) is 2.01. The van der Waals surface area contributed by atoms with Gasteiger partial charge in [-0.15, -0.1) is 0 Å². The third-order valence-corrected chi connectivity index (χ3v) is 4.26. The van der Waals surface area contributed by atoms with Crippen LogP contribution >= 0.6 is 0 Å². The van der Waals surface area contributed by atoms with Gasteiger partial charge in [-0.3, -0.25) is 9.59 Å². The zero-order valence-corrected chi connectivity index (χ0v) is 15.0. The molecule has 1 aliphatic rings. The highest BCUT2D eigenvalue weighted by atomic mass is 16.2. The van der Waals surface area contributed by atoms with E-state index in [4.69, 9.17) is 0 Å². The molecule has 2 rings (SSSR count). The van der Waals surface area contributed by atoms with Gasteiger partial charge in [0.05, 0.1) is 0 Å². The molecule has 0 saturated carbocycles. The lowest BCUT2D eigenvalue weighted by Crippen LogP contribution is -2.38. The van der Waals surface area contributed by atoms with Gasteiger partial charge >= 0.3 is 0 Å². The van der Waals surface area contributed by atoms with Crippen LogP contribution in [0.4, 0.5) is 5.69 Å². The van der Waals surface area contributed by atoms with Gasteiger partial charge in [-0.25, -0.2) is 0 Å². The van der Waals surface area contributed by atoms with Crippen LogP contribution in [-0.4, -0.2) is 29.8 Å². The first-order valence-electron chi connectivity index (χ1n) is 8.59. The third kappa shape index (κ3) is 5.22. The second kappa shape index (κ2) is 7.65. The van der Waals surface area contributed by atoms with Crippen molar-refractivity contribution in [2.45, 2.75) is 46.0 Å². The first-order chi connectivity index (χ1) is 11.3. The Morgan fingerprint density at radius 1 is 1.29 bits per heavy atom. The van der Waals surface area contributed by atoms with Crippen molar-refractivity contribution in [3.63, 3.8) is 0 Å². The number of amides is 2. The van der Waals surface area contributed by atoms with Gasteiger partial charge in [-0.1, -0.05) is 39.5 Å². The molecule has 4 nitrogen and oxygen atoms in total. The van der Waals surface area contributed by atoms with E-state index in [2.05, 4.69) is 44.8 Å². The van der Waals surface area contributed by atoms with E-state index in [1.54, 1.807) is 0 Å². The molecule has 4 heteroatoms. The summed E-state index contributed by atoms with van der Waals surface area (Å²) in [6.45, 7) is 11.3. The molecule has 2 amide bonds. The van der Waals surface area contributed by atoms with Crippen LogP contribution in [0, 0.1) is 5.41 Å². The van der Waals surface area contributed by atoms with E-state index >= 15 is 0 Å². The summed E-state index contributed by atoms with van der Waals surface area (Å²) in [5, 5.41) is 2.95. The fourth-order valence-electron chi connectivity index (χ4n) is 3.10. The topological polar surface area (TPSA) is 49.4 Å². The SMILES string of the molecule is C=CC(=O)N1CCCC(c2ccc(NC(=O)CC(C)(C)C)cc2)C1. The zero-order chi connectivity index (χ0) is 17.7. The van der Waals surface area contributed by atoms with Crippen LogP contribution in [0.25, 0.3) is 0 Å². The first-order valence-corrected chi connectivity index (χ1v) is 8.59. The lowest BCUT2D eigenvalue weighted by molar-refractivity contribution is -0.127. The number of carbonyl (C=O) groups is 2. The molecule has 1 unspecified atom stereocenters. The van der Waals surface area contributed by atoms with E-state index < -0.39 is 0 Å². The highest BCUT2D eigenvalue weighted by Gasteiger charge is 2.23. The van der Waals surface area contributed by atoms with E-state index in [0.717, 1.165) is 31.6 Å². The van der Waals surface area contributed by atoms with Crippen molar-refractivity contribution in [3.05, 3.63) is 42.5 Å². The Bertz CT molecular complexity index is 599. The molecular weight excluding hydrogens is 300 g/mol. The van der Waals surface area contributed by atoms with Crippen molar-refractivity contribution in [1.29, 1.82) is 0 Å². The van der Waals surface area contributed by atoms with E-state index in [1.807, 2.05) is 17.0 Å². The average molecular weight is 328 g/mol. The number of hydrogen-bond donors (Lipinski definition) is 1. The number of likely N-dealkylation sites (tertiary alicyclic amines) is 1. The largest absolute Gasteiger partial charge is 0.339 e. The molecule has 24 heavy (non-hydrogen) atoms. The molecular formula is C20H28N2O2. The minimum Gasteiger partial charge on any atom is -0.339 e. The van der Waals surface area contributed by atoms with Crippen molar-refractivity contribution < 1.29 is 9.59 Å². The first kappa shape index (κ1) is 18.2. The molecule has 1 heterocycles. The quantitative estimate of drug-likeness (QED) is 0.851. The van der Waals surface area contributed by atoms with Crippen LogP contribution in [-0.2, 0) is 9.59 Å². The van der Waals surface area contributed by atoms with Crippen molar-refractivity contribution >= 4 is 17.5 Å². The van der Waals surface area contributed by atoms with E-state index in [0.29, 0.717) is 12.3 Å². The molecule has 0 radical (unpaired) electrons. The molecule has 1 aromatic carbocycles. The molecule has 0 aromatic heterocycles. The molecule has 1 saturated heterocycles. The van der Waals surface area contributed by atoms with E-state index in [-0.39, 0.29) is 17.2 Å². The normalized spacial score (nSPS) is 18.1. The van der Waals surface area contributed by atoms with E-state index in [1.165, 1.54) is 11.6 Å². The molecule has 0 aliphatic carbocycles. The molecule has 0 bridgehead atoms. The summed E-state index contributed by atoms with van der Waals surface area (Å²) >= 11 is 0. The minimum atomic E-state index is -0.0206. The molecule has 1 aliphatic heterocycles. The maximum atomic E-state index is 12.0. The molecule has 1 fully saturated rings. The standard InChI is InChI=1S/C20H28N2O2/c1-5-19(24)22-12-6-7-16(14-22)15-8-10-17(11-9-15)21-18(23)13-20(2,3)4/h5,8-11,16H,1,6-7,12-14H2,2-4H3,(H,21,23). The maximum absolute atomic E-state index is 12.0. The fraction of sp³-hybridized carbons (Fsp3) is 0.500. The smallest absolute Gasteiger partial charge is 0.245 e. The number of rotatable bonds is 4. The summed E-state index contributed by atoms with van der Waals surface area (Å²) in [5.74, 6) is 0.392. The number of nitrogens with one attached hydrogen (secondary N) is 1. The van der Waals surface area contributed by atoms with Crippen molar-refractivity contribution in [1.82, 2.24) is 4.90 Å². The fourth-order valence-corrected chi connectivity index (χ4v) is 3.10. The second-order valence-electron chi connectivity index (χ2n) is 7.74. The number of hydrogen-bond acceptors (Lipinski definition) is 2. The molecule has 130 valence electrons. The number of anilines is 1. The number of nitrogens with zero attached hydrogens (tertiary/aromatic N) is 1. The monoisotopic (exact) mass is 328 g/mol. The Labute approximate surface area is 144 Å². The van der Waals surface area contributed by atoms with Gasteiger partial charge in [0.15, 0.2) is 0 Å². The van der Waals surface area contributed by atoms with Crippen LogP contribution in [0.5, 0.6) is 0 Å². The predicted molar refractivity (Wildman–Crippen MR) is 97.9 cm³/mol. The predicted octanol–water partition coefficient (Wildman–Crippen LogP) is 3.95. The Morgan fingerprint density at radius 3 is 2.54 bits per heavy atom. The van der Waals surface area contributed by atoms with Crippen LogP contribution < -0.4 is 5.32 Å². The summed E-state index contributed by atoms with van der Waals surface area (Å²) in [6.07, 6.45) is 3.97. The second-order valence-corrected chi connectivity index (χ2v) is 7.74. The Kier molecular flexibility index (Phi) is 5.81. The lowest BCUT2D eigenvalue weighted by Gasteiger charge is -2.32. The minimum absolute atomic E-state index is 0.00534. The Hall–Kier alpha value is -2.10. The molecule has 1 atom stereocenters. The lowest BCUT2D eigenvalue weighted by atomic mass is 9.90. The Morgan fingerprint density at radius 2 is 1.96 bits per heavy atom. The number of carbonyl (C=O) groups excluding carboxylic acids is 2. The molecule has 1 aromatic rings. The van der Waals surface area contributed by atoms with Crippen molar-refractivity contribution in [2.24, 2.45) is 5.41 Å². The van der Waals surface area contributed by atoms with Gasteiger partial charge < -0.3 is 10.2 Å². The van der Waals surface area contributed by atoms with Crippen LogP contribution in [0.3, 0.4) is 0 Å². The van der Waals surface area contributed by atoms with Crippen molar-refractivity contribution in [2.75, 3.05) is 18.4 Å². The highest BCUT2D eigenvalue weighted by molar-refractivity contribution is 5.91. The van der Waals surface area contributed by atoms with Crippen molar-refractivity contribution in [3.8, 4) is 0 Å². The maximum Gasteiger partial charge on any atom is 0.245 e. The summed E-state index contributed by atoms with van der Waals surface area (Å²) in [7, 11) is 0. The third-order valence-electron chi connectivity index (χ3n) is 4.26. The highest BCUT2D eigenvalue weighted by Crippen LogP contribution is 2.28. The average Bonchev–Trinajstić information content (AvgIpc) is 2.53. The number of piperidine rings is 1. The van der Waals surface area contributed by atoms with Gasteiger partial charge in [-0.2, -0.15) is 0 Å². The van der Waals surface area contributed by atoms with Gasteiger partial charge in [0.1, 0.15) is 0 Å². The van der Waals surface area contributed by atoms with Crippen LogP contribution in [0.2, 0.25) is 0 Å². The number of benzene rings is 1. The van der Waals surface area contributed by atoms with Crippen LogP contribution in [0.15, 0.2) is 36.9 Å². The molecule has 1 N–H and O–H groups in total. The van der Waals surface area contributed by atoms with Gasteiger partial charge in [-0.05, 0) is 42.0 Å². The summed E-state index contributed by atoms with van der Waals surface area (Å²) in [4.78, 5) is 25.7. The van der Waals surface area contributed by atoms with E-state index in [9.17, 15) is 9.59 Å². The zero-order valence-electron chi connectivity index (χ0n) is 15.0. The summed E-state index contributed by atoms with van der Waals surface area (Å²) < 4.78 is 0. The summed E-state index contributed by atoms with van der Waals surface area (Å²) in [6, 6.07) is 8.01.